The Bertz CT molecular complexity index is 562. The third-order valence-electron chi connectivity index (χ3n) is 3.73. The molecule has 0 bridgehead atoms. The lowest BCUT2D eigenvalue weighted by Crippen LogP contribution is -2.31. The maximum atomic E-state index is 10.3. The van der Waals surface area contributed by atoms with Gasteiger partial charge >= 0.3 is 0 Å². The first-order valence-electron chi connectivity index (χ1n) is 6.90. The Morgan fingerprint density at radius 1 is 1.25 bits per heavy atom. The van der Waals surface area contributed by atoms with Crippen molar-refractivity contribution in [2.45, 2.75) is 37.9 Å². The van der Waals surface area contributed by atoms with E-state index < -0.39 is 11.7 Å². The number of hydrogen-bond acceptors (Lipinski definition) is 5. The number of hydrogen-bond donors (Lipinski definition) is 1. The molecule has 0 aliphatic carbocycles. The van der Waals surface area contributed by atoms with E-state index in [1.807, 2.05) is 37.3 Å². The highest BCUT2D eigenvalue weighted by Crippen LogP contribution is 2.33. The van der Waals surface area contributed by atoms with Crippen molar-refractivity contribution in [2.24, 2.45) is 0 Å². The summed E-state index contributed by atoms with van der Waals surface area (Å²) in [6.07, 6.45) is 2.12. The Hall–Kier alpha value is -1.72. The minimum absolute atomic E-state index is 0.210. The first kappa shape index (κ1) is 13.3. The molecule has 0 amide bonds. The second kappa shape index (κ2) is 5.34. The molecule has 1 aliphatic heterocycles. The molecule has 3 rings (SSSR count). The molecule has 2 heterocycles. The third-order valence-corrected chi connectivity index (χ3v) is 3.73. The Morgan fingerprint density at radius 3 is 2.75 bits per heavy atom. The number of aliphatic hydroxyl groups excluding tert-OH is 1. The quantitative estimate of drug-likeness (QED) is 0.931. The number of aromatic nitrogens is 2. The maximum Gasteiger partial charge on any atom is 0.260 e. The molecular formula is C15H18N2O3. The topological polar surface area (TPSA) is 68.4 Å². The predicted octanol–water partition coefficient (Wildman–Crippen LogP) is 2.57. The molecule has 0 spiro atoms. The molecule has 1 aliphatic rings. The number of nitrogens with zero attached hydrogens (tertiary/aromatic N) is 2. The summed E-state index contributed by atoms with van der Waals surface area (Å²) in [5, 5.41) is 14.2. The van der Waals surface area contributed by atoms with E-state index in [-0.39, 0.29) is 5.89 Å². The SMILES string of the molecule is CC1(c2noc(C(O)c3ccccc3)n2)CCCCO1. The molecular weight excluding hydrogens is 256 g/mol. The second-order valence-corrected chi connectivity index (χ2v) is 5.31. The molecule has 0 saturated carbocycles. The van der Waals surface area contributed by atoms with Gasteiger partial charge < -0.3 is 14.4 Å². The van der Waals surface area contributed by atoms with E-state index in [2.05, 4.69) is 10.1 Å². The molecule has 1 aromatic heterocycles. The Labute approximate surface area is 117 Å². The lowest BCUT2D eigenvalue weighted by Gasteiger charge is -2.30. The fourth-order valence-electron chi connectivity index (χ4n) is 2.45. The maximum absolute atomic E-state index is 10.3. The number of ether oxygens (including phenoxy) is 1. The lowest BCUT2D eigenvalue weighted by atomic mass is 9.95. The van der Waals surface area contributed by atoms with Gasteiger partial charge in [0.2, 0.25) is 5.82 Å². The summed E-state index contributed by atoms with van der Waals surface area (Å²) < 4.78 is 11.0. The van der Waals surface area contributed by atoms with Gasteiger partial charge in [-0.1, -0.05) is 35.5 Å². The van der Waals surface area contributed by atoms with Gasteiger partial charge in [0.15, 0.2) is 6.10 Å². The van der Waals surface area contributed by atoms with Crippen LogP contribution in [0.25, 0.3) is 0 Å². The van der Waals surface area contributed by atoms with E-state index in [9.17, 15) is 5.11 Å². The van der Waals surface area contributed by atoms with Crippen molar-refractivity contribution >= 4 is 0 Å². The van der Waals surface area contributed by atoms with Crippen LogP contribution in [0.4, 0.5) is 0 Å². The van der Waals surface area contributed by atoms with Gasteiger partial charge in [0.25, 0.3) is 5.89 Å². The van der Waals surface area contributed by atoms with Crippen LogP contribution < -0.4 is 0 Å². The van der Waals surface area contributed by atoms with E-state index in [1.54, 1.807) is 0 Å². The van der Waals surface area contributed by atoms with Gasteiger partial charge in [0, 0.05) is 6.61 Å². The summed E-state index contributed by atoms with van der Waals surface area (Å²) in [5.41, 5.74) is 0.230. The number of benzene rings is 1. The smallest absolute Gasteiger partial charge is 0.260 e. The molecule has 5 nitrogen and oxygen atoms in total. The van der Waals surface area contributed by atoms with Crippen molar-refractivity contribution in [1.29, 1.82) is 0 Å². The van der Waals surface area contributed by atoms with Crippen molar-refractivity contribution in [1.82, 2.24) is 10.1 Å². The molecule has 0 radical (unpaired) electrons. The van der Waals surface area contributed by atoms with Gasteiger partial charge in [-0.05, 0) is 31.7 Å². The van der Waals surface area contributed by atoms with Gasteiger partial charge in [0.1, 0.15) is 5.60 Å². The molecule has 2 atom stereocenters. The average Bonchev–Trinajstić information content (AvgIpc) is 2.99. The molecule has 1 aromatic carbocycles. The molecule has 1 saturated heterocycles. The fraction of sp³-hybridized carbons (Fsp3) is 0.467. The molecule has 2 unspecified atom stereocenters. The van der Waals surface area contributed by atoms with Gasteiger partial charge in [0.05, 0.1) is 0 Å². The summed E-state index contributed by atoms with van der Waals surface area (Å²) >= 11 is 0. The second-order valence-electron chi connectivity index (χ2n) is 5.31. The summed E-state index contributed by atoms with van der Waals surface area (Å²) in [7, 11) is 0. The first-order valence-corrected chi connectivity index (χ1v) is 6.90. The number of rotatable bonds is 3. The third kappa shape index (κ3) is 2.46. The lowest BCUT2D eigenvalue weighted by molar-refractivity contribution is -0.0770. The summed E-state index contributed by atoms with van der Waals surface area (Å²) in [5.74, 6) is 0.726. The van der Waals surface area contributed by atoms with Crippen LogP contribution >= 0.6 is 0 Å². The molecule has 2 aromatic rings. The monoisotopic (exact) mass is 274 g/mol. The molecule has 5 heteroatoms. The largest absolute Gasteiger partial charge is 0.378 e. The Morgan fingerprint density at radius 2 is 2.05 bits per heavy atom. The van der Waals surface area contributed by atoms with Crippen LogP contribution in [0.2, 0.25) is 0 Å². The van der Waals surface area contributed by atoms with Crippen molar-refractivity contribution in [3.05, 3.63) is 47.6 Å². The van der Waals surface area contributed by atoms with Crippen LogP contribution in [0.3, 0.4) is 0 Å². The molecule has 1 fully saturated rings. The number of aliphatic hydroxyl groups is 1. The van der Waals surface area contributed by atoms with Gasteiger partial charge in [-0.25, -0.2) is 0 Å². The van der Waals surface area contributed by atoms with E-state index in [0.717, 1.165) is 24.8 Å². The van der Waals surface area contributed by atoms with Gasteiger partial charge in [-0.3, -0.25) is 0 Å². The highest BCUT2D eigenvalue weighted by atomic mass is 16.5. The standard InChI is InChI=1S/C15H18N2O3/c1-15(9-5-6-10-19-15)14-16-13(20-17-14)12(18)11-7-3-2-4-8-11/h2-4,7-8,12,18H,5-6,9-10H2,1H3. The highest BCUT2D eigenvalue weighted by molar-refractivity contribution is 5.21. The first-order chi connectivity index (χ1) is 9.69. The summed E-state index contributed by atoms with van der Waals surface area (Å²) in [4.78, 5) is 4.33. The van der Waals surface area contributed by atoms with E-state index in [0.29, 0.717) is 12.4 Å². The fourth-order valence-corrected chi connectivity index (χ4v) is 2.45. The summed E-state index contributed by atoms with van der Waals surface area (Å²) in [6.45, 7) is 2.68. The zero-order valence-corrected chi connectivity index (χ0v) is 11.5. The minimum Gasteiger partial charge on any atom is -0.378 e. The van der Waals surface area contributed by atoms with Crippen molar-refractivity contribution in [3.8, 4) is 0 Å². The molecule has 1 N–H and O–H groups in total. The van der Waals surface area contributed by atoms with Crippen LogP contribution in [-0.4, -0.2) is 21.9 Å². The molecule has 20 heavy (non-hydrogen) atoms. The van der Waals surface area contributed by atoms with Crippen LogP contribution in [-0.2, 0) is 10.3 Å². The van der Waals surface area contributed by atoms with E-state index >= 15 is 0 Å². The minimum atomic E-state index is -0.898. The Balaban J connectivity index is 1.83. The predicted molar refractivity (Wildman–Crippen MR) is 72.0 cm³/mol. The molecule has 106 valence electrons. The van der Waals surface area contributed by atoms with Crippen molar-refractivity contribution in [2.75, 3.05) is 6.61 Å². The zero-order chi connectivity index (χ0) is 14.0. The zero-order valence-electron chi connectivity index (χ0n) is 11.5. The van der Waals surface area contributed by atoms with Crippen LogP contribution in [0, 0.1) is 0 Å². The van der Waals surface area contributed by atoms with E-state index in [4.69, 9.17) is 9.26 Å². The van der Waals surface area contributed by atoms with Crippen LogP contribution in [0.15, 0.2) is 34.9 Å². The van der Waals surface area contributed by atoms with Crippen LogP contribution in [0.5, 0.6) is 0 Å². The highest BCUT2D eigenvalue weighted by Gasteiger charge is 2.35. The summed E-state index contributed by atoms with van der Waals surface area (Å²) in [6, 6.07) is 9.27. The average molecular weight is 274 g/mol. The normalized spacial score (nSPS) is 24.5. The van der Waals surface area contributed by atoms with E-state index in [1.165, 1.54) is 0 Å². The van der Waals surface area contributed by atoms with Crippen molar-refractivity contribution in [3.63, 3.8) is 0 Å². The van der Waals surface area contributed by atoms with Crippen LogP contribution in [0.1, 0.15) is 49.6 Å². The van der Waals surface area contributed by atoms with Gasteiger partial charge in [-0.15, -0.1) is 0 Å². The van der Waals surface area contributed by atoms with Crippen molar-refractivity contribution < 1.29 is 14.4 Å². The van der Waals surface area contributed by atoms with Gasteiger partial charge in [-0.2, -0.15) is 4.98 Å². The Kier molecular flexibility index (Phi) is 3.54.